The molecule has 0 spiro atoms. The molecule has 4 heteroatoms. The summed E-state index contributed by atoms with van der Waals surface area (Å²) >= 11 is 0. The topological polar surface area (TPSA) is 45.6 Å². The maximum absolute atomic E-state index is 11.5. The molecule has 0 saturated heterocycles. The van der Waals surface area contributed by atoms with Gasteiger partial charge in [0.05, 0.1) is 17.3 Å². The van der Waals surface area contributed by atoms with Crippen molar-refractivity contribution < 1.29 is 9.84 Å². The molecule has 1 aromatic heterocycles. The fraction of sp³-hybridized carbons (Fsp3) is 0.625. The number of nitrogens with zero attached hydrogens (tertiary/aromatic N) is 2. The average Bonchev–Trinajstić information content (AvgIpc) is 3.21. The van der Waals surface area contributed by atoms with E-state index in [4.69, 9.17) is 9.72 Å². The molecule has 3 atom stereocenters. The fourth-order valence-corrected chi connectivity index (χ4v) is 5.23. The number of rotatable bonds is 5. The summed E-state index contributed by atoms with van der Waals surface area (Å²) in [7, 11) is 2.11. The van der Waals surface area contributed by atoms with Crippen molar-refractivity contribution in [1.29, 1.82) is 0 Å². The lowest BCUT2D eigenvalue weighted by molar-refractivity contribution is 0.0170. The lowest BCUT2D eigenvalue weighted by Gasteiger charge is -2.42. The van der Waals surface area contributed by atoms with Gasteiger partial charge < -0.3 is 9.84 Å². The first kappa shape index (κ1) is 19.5. The van der Waals surface area contributed by atoms with Crippen molar-refractivity contribution in [3.05, 3.63) is 40.6 Å². The second-order valence-electron chi connectivity index (χ2n) is 9.36. The number of aromatic nitrogens is 1. The molecule has 3 heterocycles. The molecule has 0 saturated carbocycles. The fourth-order valence-electron chi connectivity index (χ4n) is 5.23. The van der Waals surface area contributed by atoms with Crippen molar-refractivity contribution >= 4 is 0 Å². The molecule has 1 N–H and O–H groups in total. The molecular weight excluding hydrogens is 348 g/mol. The third kappa shape index (κ3) is 3.16. The largest absolute Gasteiger partial charge is 0.507 e. The Labute approximate surface area is 169 Å². The molecule has 1 aromatic rings. The normalized spacial score (nSPS) is 28.0. The van der Waals surface area contributed by atoms with Crippen LogP contribution in [0.3, 0.4) is 0 Å². The molecule has 0 bridgehead atoms. The third-order valence-corrected chi connectivity index (χ3v) is 6.81. The van der Waals surface area contributed by atoms with Crippen LogP contribution in [-0.4, -0.2) is 34.2 Å². The van der Waals surface area contributed by atoms with Gasteiger partial charge in [-0.25, -0.2) is 4.98 Å². The van der Waals surface area contributed by atoms with E-state index >= 15 is 0 Å². The highest BCUT2D eigenvalue weighted by atomic mass is 16.5. The minimum atomic E-state index is -0.280. The first-order valence-corrected chi connectivity index (χ1v) is 10.8. The Bertz CT molecular complexity index is 824. The number of hydrogen-bond acceptors (Lipinski definition) is 4. The number of allylic oxidation sites excluding steroid dienone is 2. The van der Waals surface area contributed by atoms with Gasteiger partial charge in [0.2, 0.25) is 5.88 Å². The number of aromatic hydroxyl groups is 1. The van der Waals surface area contributed by atoms with E-state index in [0.717, 1.165) is 42.6 Å². The summed E-state index contributed by atoms with van der Waals surface area (Å²) in [5, 5.41) is 11.5. The van der Waals surface area contributed by atoms with Gasteiger partial charge in [-0.05, 0) is 47.1 Å². The summed E-state index contributed by atoms with van der Waals surface area (Å²) < 4.78 is 6.42. The molecule has 2 unspecified atom stereocenters. The summed E-state index contributed by atoms with van der Waals surface area (Å²) in [5.74, 6) is 1.60. The number of fused-ring (bicyclic) bond motifs is 3. The highest BCUT2D eigenvalue weighted by Crippen LogP contribution is 2.55. The van der Waals surface area contributed by atoms with Gasteiger partial charge >= 0.3 is 0 Å². The van der Waals surface area contributed by atoms with Crippen LogP contribution in [0.5, 0.6) is 11.6 Å². The van der Waals surface area contributed by atoms with E-state index in [1.165, 1.54) is 18.4 Å². The zero-order chi connectivity index (χ0) is 20.1. The Morgan fingerprint density at radius 3 is 2.75 bits per heavy atom. The SMILES string of the molecule is CCCCCc1nc2c(c(O)c1[C@@H]1C=CCN1C)C1C=C(C)CC1C(C)(C)O2. The third-order valence-electron chi connectivity index (χ3n) is 6.81. The number of unbranched alkanes of at least 4 members (excludes halogenated alkanes) is 2. The second kappa shape index (κ2) is 7.22. The molecular formula is C24H34N2O2. The van der Waals surface area contributed by atoms with Crippen LogP contribution < -0.4 is 4.74 Å². The molecule has 2 aliphatic heterocycles. The van der Waals surface area contributed by atoms with Crippen molar-refractivity contribution in [2.75, 3.05) is 13.6 Å². The van der Waals surface area contributed by atoms with Crippen molar-refractivity contribution in [2.24, 2.45) is 5.92 Å². The maximum atomic E-state index is 11.5. The predicted octanol–water partition coefficient (Wildman–Crippen LogP) is 5.28. The Kier molecular flexibility index (Phi) is 5.03. The van der Waals surface area contributed by atoms with Crippen LogP contribution in [0.25, 0.3) is 0 Å². The Morgan fingerprint density at radius 1 is 1.29 bits per heavy atom. The van der Waals surface area contributed by atoms with Gasteiger partial charge in [0.25, 0.3) is 0 Å². The van der Waals surface area contributed by atoms with E-state index in [1.54, 1.807) is 0 Å². The van der Waals surface area contributed by atoms with E-state index in [-0.39, 0.29) is 17.6 Å². The lowest BCUT2D eigenvalue weighted by Crippen LogP contribution is -2.43. The zero-order valence-electron chi connectivity index (χ0n) is 18.0. The van der Waals surface area contributed by atoms with Gasteiger partial charge in [-0.2, -0.15) is 0 Å². The van der Waals surface area contributed by atoms with Gasteiger partial charge in [0, 0.05) is 23.9 Å². The molecule has 0 aromatic carbocycles. The molecule has 0 amide bonds. The van der Waals surface area contributed by atoms with Crippen molar-refractivity contribution in [1.82, 2.24) is 9.88 Å². The summed E-state index contributed by atoms with van der Waals surface area (Å²) in [6.45, 7) is 9.64. The number of pyridine rings is 1. The van der Waals surface area contributed by atoms with Crippen molar-refractivity contribution in [2.45, 2.75) is 77.4 Å². The standard InChI is InChI=1S/C24H34N2O2/c1-6-7-8-10-18-21(19-11-9-12-26(19)5)22(27)20-16-13-15(2)14-17(16)24(3,4)28-23(20)25-18/h9,11,13,16-17,19H,6-8,10,12,14H2,1-5H3,(H,25,27)/t16?,17?,19-/m0/s1. The smallest absolute Gasteiger partial charge is 0.221 e. The number of hydrogen-bond donors (Lipinski definition) is 1. The molecule has 28 heavy (non-hydrogen) atoms. The molecule has 4 rings (SSSR count). The van der Waals surface area contributed by atoms with Crippen LogP contribution in [-0.2, 0) is 6.42 Å². The molecule has 1 aliphatic carbocycles. The minimum absolute atomic E-state index is 0.0919. The van der Waals surface area contributed by atoms with Crippen LogP contribution in [0.4, 0.5) is 0 Å². The van der Waals surface area contributed by atoms with Crippen molar-refractivity contribution in [3.8, 4) is 11.6 Å². The first-order valence-electron chi connectivity index (χ1n) is 10.8. The number of likely N-dealkylation sites (N-methyl/N-ethyl adjacent to an activating group) is 1. The molecule has 0 fully saturated rings. The molecule has 152 valence electrons. The molecule has 0 radical (unpaired) electrons. The monoisotopic (exact) mass is 382 g/mol. The Morgan fingerprint density at radius 2 is 2.07 bits per heavy atom. The summed E-state index contributed by atoms with van der Waals surface area (Å²) in [4.78, 5) is 7.31. The minimum Gasteiger partial charge on any atom is -0.507 e. The van der Waals surface area contributed by atoms with Gasteiger partial charge in [0.1, 0.15) is 11.4 Å². The highest BCUT2D eigenvalue weighted by Gasteiger charge is 2.48. The van der Waals surface area contributed by atoms with Gasteiger partial charge in [-0.3, -0.25) is 4.90 Å². The summed E-state index contributed by atoms with van der Waals surface area (Å²) in [6, 6.07) is 0.0919. The number of aryl methyl sites for hydroxylation is 1. The Hall–Kier alpha value is -1.81. The average molecular weight is 383 g/mol. The second-order valence-corrected chi connectivity index (χ2v) is 9.36. The van der Waals surface area contributed by atoms with E-state index in [0.29, 0.717) is 17.5 Å². The van der Waals surface area contributed by atoms with Crippen LogP contribution in [0.15, 0.2) is 23.8 Å². The van der Waals surface area contributed by atoms with Crippen molar-refractivity contribution in [3.63, 3.8) is 0 Å². The molecule has 3 aliphatic rings. The van der Waals surface area contributed by atoms with E-state index < -0.39 is 0 Å². The van der Waals surface area contributed by atoms with Gasteiger partial charge in [0.15, 0.2) is 0 Å². The summed E-state index contributed by atoms with van der Waals surface area (Å²) in [6.07, 6.45) is 12.0. The van der Waals surface area contributed by atoms with E-state index in [1.807, 2.05) is 0 Å². The van der Waals surface area contributed by atoms with Crippen LogP contribution in [0, 0.1) is 5.92 Å². The van der Waals surface area contributed by atoms with Crippen LogP contribution in [0.2, 0.25) is 0 Å². The van der Waals surface area contributed by atoms with Gasteiger partial charge in [-0.1, -0.05) is 43.6 Å². The maximum Gasteiger partial charge on any atom is 0.221 e. The predicted molar refractivity (Wildman–Crippen MR) is 113 cm³/mol. The highest BCUT2D eigenvalue weighted by molar-refractivity contribution is 5.56. The van der Waals surface area contributed by atoms with Gasteiger partial charge in [-0.15, -0.1) is 0 Å². The molecule has 4 nitrogen and oxygen atoms in total. The zero-order valence-corrected chi connectivity index (χ0v) is 18.0. The number of ether oxygens (including phenoxy) is 1. The summed E-state index contributed by atoms with van der Waals surface area (Å²) in [5.41, 5.74) is 4.00. The lowest BCUT2D eigenvalue weighted by atomic mass is 9.75. The van der Waals surface area contributed by atoms with Crippen LogP contribution in [0.1, 0.15) is 82.2 Å². The first-order chi connectivity index (χ1) is 13.3. The Balaban J connectivity index is 1.85. The van der Waals surface area contributed by atoms with E-state index in [9.17, 15) is 5.11 Å². The quantitative estimate of drug-likeness (QED) is 0.556. The van der Waals surface area contributed by atoms with Crippen LogP contribution >= 0.6 is 0 Å². The van der Waals surface area contributed by atoms with E-state index in [2.05, 4.69) is 57.9 Å².